The van der Waals surface area contributed by atoms with E-state index in [4.69, 9.17) is 4.74 Å². The topological polar surface area (TPSA) is 29.5 Å². The normalized spacial score (nSPS) is 27.8. The number of hydrogen-bond donors (Lipinski definition) is 0. The second-order valence-electron chi connectivity index (χ2n) is 5.84. The Morgan fingerprint density at radius 3 is 2.56 bits per heavy atom. The van der Waals surface area contributed by atoms with Crippen LogP contribution in [0.5, 0.6) is 0 Å². The summed E-state index contributed by atoms with van der Waals surface area (Å²) in [6.45, 7) is 10.4. The number of methoxy groups -OCH3 is 1. The molecule has 0 aromatic carbocycles. The van der Waals surface area contributed by atoms with E-state index in [1.165, 1.54) is 20.0 Å². The molecule has 0 saturated carbocycles. The van der Waals surface area contributed by atoms with Crippen LogP contribution in [-0.2, 0) is 9.53 Å². The Labute approximate surface area is 99.1 Å². The Morgan fingerprint density at radius 2 is 2.00 bits per heavy atom. The molecule has 0 radical (unpaired) electrons. The highest BCUT2D eigenvalue weighted by atomic mass is 16.5. The van der Waals surface area contributed by atoms with Crippen LogP contribution in [0.25, 0.3) is 0 Å². The minimum atomic E-state index is -0.403. The van der Waals surface area contributed by atoms with Crippen molar-refractivity contribution in [1.82, 2.24) is 4.90 Å². The number of carbonyl (C=O) groups excluding carboxylic acids is 1. The highest BCUT2D eigenvalue weighted by Crippen LogP contribution is 2.26. The average molecular weight is 227 g/mol. The maximum atomic E-state index is 11.6. The first-order valence-electron chi connectivity index (χ1n) is 6.19. The van der Waals surface area contributed by atoms with E-state index in [2.05, 4.69) is 18.7 Å². The number of rotatable bonds is 3. The fraction of sp³-hybridized carbons (Fsp3) is 0.923. The molecular weight excluding hydrogens is 202 g/mol. The summed E-state index contributed by atoms with van der Waals surface area (Å²) in [5.74, 6) is 0.627. The highest BCUT2D eigenvalue weighted by Gasteiger charge is 2.34. The molecule has 0 aliphatic carbocycles. The molecule has 0 spiro atoms. The van der Waals surface area contributed by atoms with E-state index in [9.17, 15) is 4.79 Å². The third kappa shape index (κ3) is 3.21. The van der Waals surface area contributed by atoms with Crippen LogP contribution in [0.2, 0.25) is 0 Å². The lowest BCUT2D eigenvalue weighted by Crippen LogP contribution is -2.48. The van der Waals surface area contributed by atoms with Crippen molar-refractivity contribution in [2.45, 2.75) is 46.6 Å². The first-order valence-corrected chi connectivity index (χ1v) is 6.19. The molecule has 3 heteroatoms. The van der Waals surface area contributed by atoms with Crippen molar-refractivity contribution in [2.75, 3.05) is 20.2 Å². The molecule has 0 bridgehead atoms. The first kappa shape index (κ1) is 13.5. The summed E-state index contributed by atoms with van der Waals surface area (Å²) in [4.78, 5) is 14.1. The standard InChI is InChI=1S/C13H25NO2/c1-10-6-7-11(2)14(8-10)9-13(3,4)12(15)16-5/h10-11H,6-9H2,1-5H3. The Kier molecular flexibility index (Phi) is 4.36. The van der Waals surface area contributed by atoms with Gasteiger partial charge in [0.1, 0.15) is 0 Å². The number of ether oxygens (including phenoxy) is 1. The molecule has 16 heavy (non-hydrogen) atoms. The summed E-state index contributed by atoms with van der Waals surface area (Å²) in [7, 11) is 1.46. The number of hydrogen-bond acceptors (Lipinski definition) is 3. The lowest BCUT2D eigenvalue weighted by Gasteiger charge is -2.40. The molecule has 0 N–H and O–H groups in total. The van der Waals surface area contributed by atoms with Crippen LogP contribution >= 0.6 is 0 Å². The number of piperidine rings is 1. The van der Waals surface area contributed by atoms with Crippen molar-refractivity contribution in [3.63, 3.8) is 0 Å². The summed E-state index contributed by atoms with van der Waals surface area (Å²) in [5.41, 5.74) is -0.403. The van der Waals surface area contributed by atoms with Crippen molar-refractivity contribution in [3.05, 3.63) is 0 Å². The summed E-state index contributed by atoms with van der Waals surface area (Å²) in [6.07, 6.45) is 2.54. The number of esters is 1. The second-order valence-corrected chi connectivity index (χ2v) is 5.84. The van der Waals surface area contributed by atoms with Gasteiger partial charge in [0.2, 0.25) is 0 Å². The van der Waals surface area contributed by atoms with Gasteiger partial charge in [-0.3, -0.25) is 9.69 Å². The van der Waals surface area contributed by atoms with Crippen molar-refractivity contribution in [3.8, 4) is 0 Å². The molecule has 2 atom stereocenters. The van der Waals surface area contributed by atoms with Gasteiger partial charge in [-0.1, -0.05) is 6.92 Å². The van der Waals surface area contributed by atoms with Crippen LogP contribution in [0, 0.1) is 11.3 Å². The van der Waals surface area contributed by atoms with Crippen molar-refractivity contribution >= 4 is 5.97 Å². The van der Waals surface area contributed by atoms with Gasteiger partial charge in [-0.25, -0.2) is 0 Å². The van der Waals surface area contributed by atoms with E-state index in [0.717, 1.165) is 19.0 Å². The van der Waals surface area contributed by atoms with Crippen LogP contribution in [0.4, 0.5) is 0 Å². The van der Waals surface area contributed by atoms with Crippen LogP contribution in [0.1, 0.15) is 40.5 Å². The largest absolute Gasteiger partial charge is 0.469 e. The van der Waals surface area contributed by atoms with Gasteiger partial charge in [0.05, 0.1) is 12.5 Å². The molecule has 3 nitrogen and oxygen atoms in total. The van der Waals surface area contributed by atoms with Gasteiger partial charge >= 0.3 is 5.97 Å². The number of nitrogens with zero attached hydrogens (tertiary/aromatic N) is 1. The zero-order valence-electron chi connectivity index (χ0n) is 11.2. The molecule has 2 unspecified atom stereocenters. The summed E-state index contributed by atoms with van der Waals surface area (Å²) in [5, 5.41) is 0. The molecule has 0 amide bonds. The van der Waals surface area contributed by atoms with Gasteiger partial charge in [-0.05, 0) is 39.5 Å². The highest BCUT2D eigenvalue weighted by molar-refractivity contribution is 5.76. The molecule has 1 saturated heterocycles. The van der Waals surface area contributed by atoms with Crippen LogP contribution < -0.4 is 0 Å². The quantitative estimate of drug-likeness (QED) is 0.693. The molecule has 1 aliphatic heterocycles. The molecule has 1 heterocycles. The lowest BCUT2D eigenvalue weighted by atomic mass is 9.88. The minimum absolute atomic E-state index is 0.113. The van der Waals surface area contributed by atoms with Crippen molar-refractivity contribution < 1.29 is 9.53 Å². The zero-order valence-corrected chi connectivity index (χ0v) is 11.2. The Balaban J connectivity index is 2.60. The maximum Gasteiger partial charge on any atom is 0.312 e. The fourth-order valence-corrected chi connectivity index (χ4v) is 2.45. The van der Waals surface area contributed by atoms with Gasteiger partial charge in [-0.15, -0.1) is 0 Å². The van der Waals surface area contributed by atoms with Gasteiger partial charge in [0.25, 0.3) is 0 Å². The van der Waals surface area contributed by atoms with Gasteiger partial charge < -0.3 is 4.74 Å². The average Bonchev–Trinajstić information content (AvgIpc) is 2.22. The van der Waals surface area contributed by atoms with E-state index in [-0.39, 0.29) is 5.97 Å². The Bertz CT molecular complexity index is 250. The van der Waals surface area contributed by atoms with Gasteiger partial charge in [0.15, 0.2) is 0 Å². The number of carbonyl (C=O) groups is 1. The predicted octanol–water partition coefficient (Wildman–Crippen LogP) is 2.31. The minimum Gasteiger partial charge on any atom is -0.469 e. The van der Waals surface area contributed by atoms with Crippen molar-refractivity contribution in [2.24, 2.45) is 11.3 Å². The lowest BCUT2D eigenvalue weighted by molar-refractivity contribution is -0.152. The smallest absolute Gasteiger partial charge is 0.312 e. The third-order valence-electron chi connectivity index (χ3n) is 3.58. The first-order chi connectivity index (χ1) is 7.36. The Morgan fingerprint density at radius 1 is 1.38 bits per heavy atom. The molecule has 1 rings (SSSR count). The van der Waals surface area contributed by atoms with Crippen LogP contribution in [0.15, 0.2) is 0 Å². The number of likely N-dealkylation sites (tertiary alicyclic amines) is 1. The second kappa shape index (κ2) is 5.17. The monoisotopic (exact) mass is 227 g/mol. The maximum absolute atomic E-state index is 11.6. The SMILES string of the molecule is COC(=O)C(C)(C)CN1CC(C)CCC1C. The van der Waals surface area contributed by atoms with Gasteiger partial charge in [-0.2, -0.15) is 0 Å². The van der Waals surface area contributed by atoms with E-state index in [1.807, 2.05) is 13.8 Å². The third-order valence-corrected chi connectivity index (χ3v) is 3.58. The Hall–Kier alpha value is -0.570. The molecule has 0 aromatic heterocycles. The van der Waals surface area contributed by atoms with Crippen LogP contribution in [0.3, 0.4) is 0 Å². The molecule has 0 aromatic rings. The molecule has 1 fully saturated rings. The predicted molar refractivity (Wildman–Crippen MR) is 65.2 cm³/mol. The summed E-state index contributed by atoms with van der Waals surface area (Å²) < 4.78 is 4.85. The summed E-state index contributed by atoms with van der Waals surface area (Å²) >= 11 is 0. The zero-order chi connectivity index (χ0) is 12.3. The fourth-order valence-electron chi connectivity index (χ4n) is 2.45. The molecular formula is C13H25NO2. The molecule has 94 valence electrons. The summed E-state index contributed by atoms with van der Waals surface area (Å²) in [6, 6.07) is 0.583. The van der Waals surface area contributed by atoms with E-state index >= 15 is 0 Å². The van der Waals surface area contributed by atoms with E-state index < -0.39 is 5.41 Å². The molecule has 1 aliphatic rings. The van der Waals surface area contributed by atoms with E-state index in [0.29, 0.717) is 6.04 Å². The van der Waals surface area contributed by atoms with E-state index in [1.54, 1.807) is 0 Å². The van der Waals surface area contributed by atoms with Crippen molar-refractivity contribution in [1.29, 1.82) is 0 Å². The van der Waals surface area contributed by atoms with Crippen LogP contribution in [-0.4, -0.2) is 37.1 Å². The van der Waals surface area contributed by atoms with Gasteiger partial charge in [0, 0.05) is 19.1 Å².